The summed E-state index contributed by atoms with van der Waals surface area (Å²) in [6, 6.07) is -0.130. The van der Waals surface area contributed by atoms with Gasteiger partial charge in [0.05, 0.1) is 12.6 Å². The Hall–Kier alpha value is -0.940. The lowest BCUT2D eigenvalue weighted by Gasteiger charge is -2.36. The Bertz CT molecular complexity index is 300. The molecule has 0 bridgehead atoms. The van der Waals surface area contributed by atoms with Gasteiger partial charge in [-0.2, -0.15) is 0 Å². The SMILES string of the molecule is CCC1C(=O)NC(=O)CN1CC1CCCNC1. The number of amides is 2. The summed E-state index contributed by atoms with van der Waals surface area (Å²) < 4.78 is 0. The molecule has 5 heteroatoms. The number of rotatable bonds is 3. The first-order chi connectivity index (χ1) is 8.20. The van der Waals surface area contributed by atoms with Gasteiger partial charge in [0.2, 0.25) is 11.8 Å². The van der Waals surface area contributed by atoms with Gasteiger partial charge in [0.25, 0.3) is 0 Å². The molecule has 17 heavy (non-hydrogen) atoms. The zero-order valence-corrected chi connectivity index (χ0v) is 10.4. The summed E-state index contributed by atoms with van der Waals surface area (Å²) in [5.41, 5.74) is 0. The van der Waals surface area contributed by atoms with E-state index < -0.39 is 0 Å². The van der Waals surface area contributed by atoms with Crippen LogP contribution in [0, 0.1) is 5.92 Å². The van der Waals surface area contributed by atoms with Crippen LogP contribution in [0.5, 0.6) is 0 Å². The average Bonchev–Trinajstić information content (AvgIpc) is 2.30. The molecule has 5 nitrogen and oxygen atoms in total. The summed E-state index contributed by atoms with van der Waals surface area (Å²) in [6.07, 6.45) is 3.14. The molecule has 0 spiro atoms. The van der Waals surface area contributed by atoms with Crippen molar-refractivity contribution in [3.8, 4) is 0 Å². The van der Waals surface area contributed by atoms with Crippen molar-refractivity contribution < 1.29 is 9.59 Å². The van der Waals surface area contributed by atoms with Crippen molar-refractivity contribution in [2.24, 2.45) is 5.92 Å². The molecule has 2 aliphatic heterocycles. The van der Waals surface area contributed by atoms with Gasteiger partial charge in [-0.25, -0.2) is 0 Å². The minimum Gasteiger partial charge on any atom is -0.316 e. The summed E-state index contributed by atoms with van der Waals surface area (Å²) in [4.78, 5) is 25.1. The summed E-state index contributed by atoms with van der Waals surface area (Å²) in [5.74, 6) is 0.271. The molecular weight excluding hydrogens is 218 g/mol. The number of piperazine rings is 1. The number of hydrogen-bond acceptors (Lipinski definition) is 4. The van der Waals surface area contributed by atoms with Gasteiger partial charge in [-0.05, 0) is 38.3 Å². The molecule has 2 atom stereocenters. The van der Waals surface area contributed by atoms with Gasteiger partial charge in [-0.3, -0.25) is 19.8 Å². The van der Waals surface area contributed by atoms with E-state index in [2.05, 4.69) is 10.6 Å². The lowest BCUT2D eigenvalue weighted by atomic mass is 9.97. The molecule has 2 unspecified atom stereocenters. The Labute approximate surface area is 102 Å². The van der Waals surface area contributed by atoms with E-state index in [9.17, 15) is 9.59 Å². The molecule has 96 valence electrons. The summed E-state index contributed by atoms with van der Waals surface area (Å²) in [6.45, 7) is 5.30. The van der Waals surface area contributed by atoms with Gasteiger partial charge < -0.3 is 5.32 Å². The Morgan fingerprint density at radius 3 is 2.88 bits per heavy atom. The zero-order chi connectivity index (χ0) is 12.3. The third-order valence-corrected chi connectivity index (χ3v) is 3.63. The molecule has 2 amide bonds. The van der Waals surface area contributed by atoms with E-state index in [0.717, 1.165) is 26.1 Å². The Balaban J connectivity index is 1.95. The normalized spacial score (nSPS) is 31.4. The minimum absolute atomic E-state index is 0.130. The van der Waals surface area contributed by atoms with E-state index in [-0.39, 0.29) is 17.9 Å². The van der Waals surface area contributed by atoms with Crippen LogP contribution in [-0.4, -0.2) is 48.9 Å². The minimum atomic E-state index is -0.163. The van der Waals surface area contributed by atoms with Crippen molar-refractivity contribution in [1.29, 1.82) is 0 Å². The van der Waals surface area contributed by atoms with Crippen molar-refractivity contribution in [3.63, 3.8) is 0 Å². The molecule has 2 aliphatic rings. The zero-order valence-electron chi connectivity index (χ0n) is 10.4. The number of carbonyl (C=O) groups is 2. The Morgan fingerprint density at radius 2 is 2.24 bits per heavy atom. The molecule has 2 heterocycles. The predicted molar refractivity (Wildman–Crippen MR) is 64.4 cm³/mol. The number of hydrogen-bond donors (Lipinski definition) is 2. The van der Waals surface area contributed by atoms with Crippen molar-refractivity contribution >= 4 is 11.8 Å². The van der Waals surface area contributed by atoms with Gasteiger partial charge in [0, 0.05) is 6.54 Å². The average molecular weight is 239 g/mol. The van der Waals surface area contributed by atoms with Crippen LogP contribution in [-0.2, 0) is 9.59 Å². The van der Waals surface area contributed by atoms with Crippen LogP contribution in [0.3, 0.4) is 0 Å². The van der Waals surface area contributed by atoms with Crippen LogP contribution in [0.2, 0.25) is 0 Å². The van der Waals surface area contributed by atoms with Gasteiger partial charge in [-0.1, -0.05) is 6.92 Å². The van der Waals surface area contributed by atoms with E-state index in [1.54, 1.807) is 0 Å². The van der Waals surface area contributed by atoms with Gasteiger partial charge in [-0.15, -0.1) is 0 Å². The smallest absolute Gasteiger partial charge is 0.243 e. The van der Waals surface area contributed by atoms with Crippen molar-refractivity contribution in [2.45, 2.75) is 32.2 Å². The van der Waals surface area contributed by atoms with Gasteiger partial charge in [0.1, 0.15) is 0 Å². The number of carbonyl (C=O) groups excluding carboxylic acids is 2. The fraction of sp³-hybridized carbons (Fsp3) is 0.833. The number of nitrogens with zero attached hydrogens (tertiary/aromatic N) is 1. The standard InChI is InChI=1S/C12H21N3O2/c1-2-10-12(17)14-11(16)8-15(10)7-9-4-3-5-13-6-9/h9-10,13H,2-8H2,1H3,(H,14,16,17). The third-order valence-electron chi connectivity index (χ3n) is 3.63. The second kappa shape index (κ2) is 5.60. The van der Waals surface area contributed by atoms with Gasteiger partial charge in [0.15, 0.2) is 0 Å². The first kappa shape index (κ1) is 12.5. The number of imide groups is 1. The second-order valence-corrected chi connectivity index (χ2v) is 4.98. The lowest BCUT2D eigenvalue weighted by molar-refractivity contribution is -0.140. The Kier molecular flexibility index (Phi) is 4.12. The predicted octanol–water partition coefficient (Wildman–Crippen LogP) is -0.277. The molecule has 0 aromatic rings. The molecule has 2 fully saturated rings. The molecule has 0 aromatic carbocycles. The fourth-order valence-electron chi connectivity index (χ4n) is 2.77. The van der Waals surface area contributed by atoms with Crippen LogP contribution < -0.4 is 10.6 Å². The first-order valence-corrected chi connectivity index (χ1v) is 6.49. The maximum absolute atomic E-state index is 11.7. The lowest BCUT2D eigenvalue weighted by Crippen LogP contribution is -2.59. The van der Waals surface area contributed by atoms with Crippen LogP contribution in [0.15, 0.2) is 0 Å². The van der Waals surface area contributed by atoms with Gasteiger partial charge >= 0.3 is 0 Å². The molecule has 2 rings (SSSR count). The summed E-state index contributed by atoms with van der Waals surface area (Å²) in [5, 5.41) is 5.78. The molecule has 0 radical (unpaired) electrons. The maximum atomic E-state index is 11.7. The monoisotopic (exact) mass is 239 g/mol. The van der Waals surface area contributed by atoms with E-state index >= 15 is 0 Å². The highest BCUT2D eigenvalue weighted by Crippen LogP contribution is 2.16. The highest BCUT2D eigenvalue weighted by atomic mass is 16.2. The number of nitrogens with one attached hydrogen (secondary N) is 2. The van der Waals surface area contributed by atoms with Crippen LogP contribution in [0.1, 0.15) is 26.2 Å². The molecule has 0 aromatic heterocycles. The maximum Gasteiger partial charge on any atom is 0.243 e. The molecular formula is C12H21N3O2. The molecule has 2 N–H and O–H groups in total. The van der Waals surface area contributed by atoms with Crippen LogP contribution in [0.25, 0.3) is 0 Å². The second-order valence-electron chi connectivity index (χ2n) is 4.98. The highest BCUT2D eigenvalue weighted by Gasteiger charge is 2.33. The van der Waals surface area contributed by atoms with E-state index in [1.165, 1.54) is 12.8 Å². The largest absolute Gasteiger partial charge is 0.316 e. The van der Waals surface area contributed by atoms with Crippen LogP contribution in [0.4, 0.5) is 0 Å². The van der Waals surface area contributed by atoms with E-state index in [4.69, 9.17) is 0 Å². The molecule has 0 saturated carbocycles. The van der Waals surface area contributed by atoms with Crippen molar-refractivity contribution in [2.75, 3.05) is 26.2 Å². The van der Waals surface area contributed by atoms with Crippen molar-refractivity contribution in [3.05, 3.63) is 0 Å². The highest BCUT2D eigenvalue weighted by molar-refractivity contribution is 6.01. The van der Waals surface area contributed by atoms with Crippen LogP contribution >= 0.6 is 0 Å². The first-order valence-electron chi connectivity index (χ1n) is 6.49. The number of piperidine rings is 1. The summed E-state index contributed by atoms with van der Waals surface area (Å²) in [7, 11) is 0. The summed E-state index contributed by atoms with van der Waals surface area (Å²) >= 11 is 0. The van der Waals surface area contributed by atoms with Crippen molar-refractivity contribution in [1.82, 2.24) is 15.5 Å². The molecule has 2 saturated heterocycles. The molecule has 0 aliphatic carbocycles. The topological polar surface area (TPSA) is 61.4 Å². The quantitative estimate of drug-likeness (QED) is 0.665. The third kappa shape index (κ3) is 3.04. The Morgan fingerprint density at radius 1 is 1.41 bits per heavy atom. The fourth-order valence-corrected chi connectivity index (χ4v) is 2.77. The van der Waals surface area contributed by atoms with E-state index in [0.29, 0.717) is 12.5 Å². The van der Waals surface area contributed by atoms with E-state index in [1.807, 2.05) is 11.8 Å².